The van der Waals surface area contributed by atoms with Crippen molar-refractivity contribution in [2.45, 2.75) is 31.8 Å². The van der Waals surface area contributed by atoms with Crippen LogP contribution in [0.1, 0.15) is 34.5 Å². The number of likely N-dealkylation sites (tertiary alicyclic amines) is 1. The standard InChI is InChI=1S/C19H22N2O2/c22-19(18-8-4-12-23-18)21-10-3-7-17(14-21)20-11-9-15-5-1-2-6-16(15)13-20/h1-2,4-6,8,12,17H,3,7,9-11,13-14H2/t17-/m0/s1. The van der Waals surface area contributed by atoms with Crippen LogP contribution in [-0.2, 0) is 13.0 Å². The highest BCUT2D eigenvalue weighted by Crippen LogP contribution is 2.25. The third-order valence-corrected chi connectivity index (χ3v) is 5.09. The summed E-state index contributed by atoms with van der Waals surface area (Å²) in [5.41, 5.74) is 2.91. The minimum absolute atomic E-state index is 0.0251. The van der Waals surface area contributed by atoms with Crippen LogP contribution >= 0.6 is 0 Å². The highest BCUT2D eigenvalue weighted by Gasteiger charge is 2.30. The summed E-state index contributed by atoms with van der Waals surface area (Å²) in [7, 11) is 0. The molecular formula is C19H22N2O2. The lowest BCUT2D eigenvalue weighted by atomic mass is 9.96. The Morgan fingerprint density at radius 1 is 1.09 bits per heavy atom. The van der Waals surface area contributed by atoms with Crippen molar-refractivity contribution in [1.82, 2.24) is 9.80 Å². The number of fused-ring (bicyclic) bond motifs is 1. The van der Waals surface area contributed by atoms with Crippen LogP contribution in [0.4, 0.5) is 0 Å². The third-order valence-electron chi connectivity index (χ3n) is 5.09. The summed E-state index contributed by atoms with van der Waals surface area (Å²) in [5.74, 6) is 0.478. The molecule has 4 rings (SSSR count). The summed E-state index contributed by atoms with van der Waals surface area (Å²) in [6, 6.07) is 12.7. The molecule has 0 bridgehead atoms. The second-order valence-electron chi connectivity index (χ2n) is 6.51. The van der Waals surface area contributed by atoms with Crippen LogP contribution in [0.2, 0.25) is 0 Å². The molecule has 0 aliphatic carbocycles. The molecule has 0 saturated carbocycles. The Balaban J connectivity index is 1.45. The van der Waals surface area contributed by atoms with E-state index in [1.165, 1.54) is 17.5 Å². The molecule has 1 atom stereocenters. The zero-order valence-corrected chi connectivity index (χ0v) is 13.3. The number of hydrogen-bond donors (Lipinski definition) is 0. The average Bonchev–Trinajstić information content (AvgIpc) is 3.15. The quantitative estimate of drug-likeness (QED) is 0.856. The topological polar surface area (TPSA) is 36.7 Å². The molecule has 3 heterocycles. The first-order valence-corrected chi connectivity index (χ1v) is 8.45. The van der Waals surface area contributed by atoms with E-state index in [2.05, 4.69) is 29.2 Å². The van der Waals surface area contributed by atoms with Crippen LogP contribution in [0.15, 0.2) is 47.1 Å². The van der Waals surface area contributed by atoms with Gasteiger partial charge in [0, 0.05) is 32.2 Å². The highest BCUT2D eigenvalue weighted by molar-refractivity contribution is 5.91. The van der Waals surface area contributed by atoms with Gasteiger partial charge in [0.15, 0.2) is 5.76 Å². The zero-order valence-electron chi connectivity index (χ0n) is 13.3. The lowest BCUT2D eigenvalue weighted by Crippen LogP contribution is -2.50. The van der Waals surface area contributed by atoms with Crippen LogP contribution in [-0.4, -0.2) is 41.4 Å². The molecule has 2 aliphatic heterocycles. The van der Waals surface area contributed by atoms with E-state index in [1.807, 2.05) is 4.90 Å². The Kier molecular flexibility index (Phi) is 3.92. The zero-order chi connectivity index (χ0) is 15.6. The monoisotopic (exact) mass is 310 g/mol. The summed E-state index contributed by atoms with van der Waals surface area (Å²) in [5, 5.41) is 0. The molecule has 2 aromatic rings. The molecule has 0 N–H and O–H groups in total. The molecular weight excluding hydrogens is 288 g/mol. The van der Waals surface area contributed by atoms with Gasteiger partial charge in [-0.05, 0) is 42.5 Å². The normalized spacial score (nSPS) is 21.9. The predicted octanol–water partition coefficient (Wildman–Crippen LogP) is 2.94. The molecule has 1 aromatic heterocycles. The van der Waals surface area contributed by atoms with Crippen molar-refractivity contribution in [1.29, 1.82) is 0 Å². The van der Waals surface area contributed by atoms with E-state index in [0.717, 1.165) is 39.0 Å². The maximum absolute atomic E-state index is 12.5. The molecule has 2 aliphatic rings. The van der Waals surface area contributed by atoms with Gasteiger partial charge in [0.2, 0.25) is 0 Å². The number of benzene rings is 1. The Labute approximate surface area is 136 Å². The maximum atomic E-state index is 12.5. The van der Waals surface area contributed by atoms with E-state index in [-0.39, 0.29) is 5.91 Å². The van der Waals surface area contributed by atoms with Crippen LogP contribution in [0.3, 0.4) is 0 Å². The van der Waals surface area contributed by atoms with Gasteiger partial charge in [-0.25, -0.2) is 0 Å². The van der Waals surface area contributed by atoms with Gasteiger partial charge in [-0.2, -0.15) is 0 Å². The van der Waals surface area contributed by atoms with Gasteiger partial charge in [-0.1, -0.05) is 24.3 Å². The molecule has 4 heteroatoms. The predicted molar refractivity (Wildman–Crippen MR) is 88.2 cm³/mol. The molecule has 23 heavy (non-hydrogen) atoms. The van der Waals surface area contributed by atoms with Gasteiger partial charge in [0.05, 0.1) is 6.26 Å². The number of piperidine rings is 1. The highest BCUT2D eigenvalue weighted by atomic mass is 16.3. The van der Waals surface area contributed by atoms with Crippen molar-refractivity contribution in [3.8, 4) is 0 Å². The number of amides is 1. The molecule has 0 unspecified atom stereocenters. The number of nitrogens with zero attached hydrogens (tertiary/aromatic N) is 2. The van der Waals surface area contributed by atoms with E-state index < -0.39 is 0 Å². The van der Waals surface area contributed by atoms with Crippen molar-refractivity contribution in [3.63, 3.8) is 0 Å². The summed E-state index contributed by atoms with van der Waals surface area (Å²) >= 11 is 0. The molecule has 1 fully saturated rings. The molecule has 1 aromatic carbocycles. The number of carbonyl (C=O) groups excluding carboxylic acids is 1. The summed E-state index contributed by atoms with van der Waals surface area (Å²) in [4.78, 5) is 17.0. The van der Waals surface area contributed by atoms with Crippen LogP contribution < -0.4 is 0 Å². The van der Waals surface area contributed by atoms with Crippen LogP contribution in [0.25, 0.3) is 0 Å². The van der Waals surface area contributed by atoms with Gasteiger partial charge in [0.1, 0.15) is 0 Å². The number of hydrogen-bond acceptors (Lipinski definition) is 3. The smallest absolute Gasteiger partial charge is 0.289 e. The summed E-state index contributed by atoms with van der Waals surface area (Å²) in [6.07, 6.45) is 4.91. The number of furan rings is 1. The first-order valence-electron chi connectivity index (χ1n) is 8.45. The first-order chi connectivity index (χ1) is 11.3. The molecule has 0 spiro atoms. The molecule has 1 amide bonds. The van der Waals surface area contributed by atoms with E-state index in [0.29, 0.717) is 11.8 Å². The van der Waals surface area contributed by atoms with Gasteiger partial charge in [-0.3, -0.25) is 9.69 Å². The van der Waals surface area contributed by atoms with E-state index >= 15 is 0 Å². The summed E-state index contributed by atoms with van der Waals surface area (Å²) < 4.78 is 5.27. The SMILES string of the molecule is O=C(c1ccco1)N1CCC[C@H](N2CCc3ccccc3C2)C1. The summed E-state index contributed by atoms with van der Waals surface area (Å²) in [6.45, 7) is 3.73. The molecule has 0 radical (unpaired) electrons. The van der Waals surface area contributed by atoms with Gasteiger partial charge >= 0.3 is 0 Å². The Morgan fingerprint density at radius 2 is 1.96 bits per heavy atom. The van der Waals surface area contributed by atoms with Crippen molar-refractivity contribution < 1.29 is 9.21 Å². The number of rotatable bonds is 2. The fraction of sp³-hybridized carbons (Fsp3) is 0.421. The van der Waals surface area contributed by atoms with Crippen molar-refractivity contribution in [3.05, 3.63) is 59.5 Å². The fourth-order valence-electron chi connectivity index (χ4n) is 3.82. The molecule has 1 saturated heterocycles. The lowest BCUT2D eigenvalue weighted by molar-refractivity contribution is 0.0521. The van der Waals surface area contributed by atoms with Crippen LogP contribution in [0, 0.1) is 0 Å². The maximum Gasteiger partial charge on any atom is 0.289 e. The van der Waals surface area contributed by atoms with Crippen molar-refractivity contribution in [2.75, 3.05) is 19.6 Å². The molecule has 4 nitrogen and oxygen atoms in total. The van der Waals surface area contributed by atoms with E-state index in [9.17, 15) is 4.79 Å². The fourth-order valence-corrected chi connectivity index (χ4v) is 3.82. The Bertz CT molecular complexity index is 680. The van der Waals surface area contributed by atoms with E-state index in [1.54, 1.807) is 18.4 Å². The van der Waals surface area contributed by atoms with Gasteiger partial charge in [0.25, 0.3) is 5.91 Å². The number of carbonyl (C=O) groups is 1. The second kappa shape index (κ2) is 6.20. The Morgan fingerprint density at radius 3 is 2.78 bits per heavy atom. The van der Waals surface area contributed by atoms with Crippen molar-refractivity contribution >= 4 is 5.91 Å². The average molecular weight is 310 g/mol. The third kappa shape index (κ3) is 2.91. The molecule has 120 valence electrons. The van der Waals surface area contributed by atoms with Crippen molar-refractivity contribution in [2.24, 2.45) is 0 Å². The Hall–Kier alpha value is -2.07. The largest absolute Gasteiger partial charge is 0.459 e. The minimum atomic E-state index is 0.0251. The van der Waals surface area contributed by atoms with E-state index in [4.69, 9.17) is 4.42 Å². The van der Waals surface area contributed by atoms with Crippen LogP contribution in [0.5, 0.6) is 0 Å². The van der Waals surface area contributed by atoms with Gasteiger partial charge in [-0.15, -0.1) is 0 Å². The second-order valence-corrected chi connectivity index (χ2v) is 6.51. The lowest BCUT2D eigenvalue weighted by Gasteiger charge is -2.41. The van der Waals surface area contributed by atoms with Gasteiger partial charge < -0.3 is 9.32 Å². The minimum Gasteiger partial charge on any atom is -0.459 e. The first kappa shape index (κ1) is 14.5.